The number of rotatable bonds is 6. The highest BCUT2D eigenvalue weighted by molar-refractivity contribution is 9.09. The molecule has 0 aliphatic heterocycles. The van der Waals surface area contributed by atoms with Gasteiger partial charge < -0.3 is 0 Å². The third kappa shape index (κ3) is 4.42. The van der Waals surface area contributed by atoms with E-state index in [9.17, 15) is 4.39 Å². The van der Waals surface area contributed by atoms with Gasteiger partial charge >= 0.3 is 0 Å². The van der Waals surface area contributed by atoms with E-state index in [2.05, 4.69) is 22.9 Å². The van der Waals surface area contributed by atoms with Crippen LogP contribution in [0, 0.1) is 5.82 Å². The van der Waals surface area contributed by atoms with Crippen LogP contribution >= 0.6 is 27.5 Å². The molecule has 0 saturated carbocycles. The summed E-state index contributed by atoms with van der Waals surface area (Å²) < 4.78 is 13.5. The Morgan fingerprint density at radius 3 is 2.81 bits per heavy atom. The first-order chi connectivity index (χ1) is 7.65. The molecule has 1 rings (SSSR count). The molecule has 0 amide bonds. The summed E-state index contributed by atoms with van der Waals surface area (Å²) in [5.74, 6) is -0.259. The minimum atomic E-state index is -0.259. The molecule has 0 aliphatic carbocycles. The maximum Gasteiger partial charge on any atom is 0.144 e. The normalized spacial score (nSPS) is 12.8. The molecule has 0 fully saturated rings. The van der Waals surface area contributed by atoms with E-state index >= 15 is 0 Å². The first-order valence-electron chi connectivity index (χ1n) is 5.72. The molecule has 3 heteroatoms. The van der Waals surface area contributed by atoms with E-state index in [1.807, 2.05) is 6.07 Å². The van der Waals surface area contributed by atoms with Gasteiger partial charge in [0.05, 0.1) is 5.02 Å². The lowest BCUT2D eigenvalue weighted by atomic mass is 10.1. The highest BCUT2D eigenvalue weighted by Gasteiger charge is 2.07. The molecule has 1 aromatic carbocycles. The van der Waals surface area contributed by atoms with Crippen LogP contribution < -0.4 is 0 Å². The van der Waals surface area contributed by atoms with Crippen LogP contribution in [0.2, 0.25) is 5.02 Å². The van der Waals surface area contributed by atoms with Crippen LogP contribution in [-0.4, -0.2) is 4.83 Å². The van der Waals surface area contributed by atoms with E-state index in [-0.39, 0.29) is 10.8 Å². The summed E-state index contributed by atoms with van der Waals surface area (Å²) in [5.41, 5.74) is 0.726. The Hall–Kier alpha value is -0.0800. The van der Waals surface area contributed by atoms with Crippen molar-refractivity contribution in [2.45, 2.75) is 43.9 Å². The Labute approximate surface area is 110 Å². The average molecular weight is 308 g/mol. The molecule has 0 nitrogen and oxygen atoms in total. The molecule has 90 valence electrons. The summed E-state index contributed by atoms with van der Waals surface area (Å²) in [6.45, 7) is 2.17. The summed E-state index contributed by atoms with van der Waals surface area (Å²) in [7, 11) is 0. The second-order valence-electron chi connectivity index (χ2n) is 3.99. The lowest BCUT2D eigenvalue weighted by Crippen LogP contribution is -1.99. The lowest BCUT2D eigenvalue weighted by Gasteiger charge is -2.08. The molecule has 1 atom stereocenters. The summed E-state index contributed by atoms with van der Waals surface area (Å²) in [4.78, 5) is 0.555. The molecule has 1 aromatic rings. The third-order valence-corrected chi connectivity index (χ3v) is 3.80. The molecule has 1 unspecified atom stereocenters. The van der Waals surface area contributed by atoms with Gasteiger partial charge in [-0.1, -0.05) is 53.0 Å². The van der Waals surface area contributed by atoms with Crippen LogP contribution in [0.15, 0.2) is 18.2 Å². The van der Waals surface area contributed by atoms with Crippen LogP contribution in [0.3, 0.4) is 0 Å². The maximum absolute atomic E-state index is 13.5. The first kappa shape index (κ1) is 14.0. The summed E-state index contributed by atoms with van der Waals surface area (Å²) in [6, 6.07) is 5.20. The molecule has 0 radical (unpaired) electrons. The van der Waals surface area contributed by atoms with Crippen LogP contribution in [0.25, 0.3) is 0 Å². The van der Waals surface area contributed by atoms with Gasteiger partial charge in [0.2, 0.25) is 0 Å². The molecular formula is C13H17BrClF. The zero-order valence-corrected chi connectivity index (χ0v) is 11.8. The second kappa shape index (κ2) is 7.29. The van der Waals surface area contributed by atoms with E-state index in [4.69, 9.17) is 11.6 Å². The maximum atomic E-state index is 13.5. The van der Waals surface area contributed by atoms with Crippen molar-refractivity contribution in [1.29, 1.82) is 0 Å². The minimum Gasteiger partial charge on any atom is -0.205 e. The number of hydrogen-bond donors (Lipinski definition) is 0. The van der Waals surface area contributed by atoms with Gasteiger partial charge in [0.15, 0.2) is 0 Å². The van der Waals surface area contributed by atoms with Crippen LogP contribution in [-0.2, 0) is 6.42 Å². The van der Waals surface area contributed by atoms with E-state index in [0.717, 1.165) is 24.8 Å². The highest BCUT2D eigenvalue weighted by Crippen LogP contribution is 2.21. The van der Waals surface area contributed by atoms with Crippen LogP contribution in [0.4, 0.5) is 4.39 Å². The van der Waals surface area contributed by atoms with Gasteiger partial charge in [0, 0.05) is 4.83 Å². The van der Waals surface area contributed by atoms with E-state index < -0.39 is 0 Å². The van der Waals surface area contributed by atoms with Crippen LogP contribution in [0.1, 0.15) is 38.2 Å². The monoisotopic (exact) mass is 306 g/mol. The zero-order valence-electron chi connectivity index (χ0n) is 9.48. The van der Waals surface area contributed by atoms with E-state index in [0.29, 0.717) is 4.83 Å². The second-order valence-corrected chi connectivity index (χ2v) is 5.69. The Bertz CT molecular complexity index is 328. The van der Waals surface area contributed by atoms with Crippen molar-refractivity contribution in [3.8, 4) is 0 Å². The van der Waals surface area contributed by atoms with Gasteiger partial charge in [-0.15, -0.1) is 0 Å². The number of hydrogen-bond acceptors (Lipinski definition) is 0. The first-order valence-corrected chi connectivity index (χ1v) is 7.01. The molecule has 0 N–H and O–H groups in total. The lowest BCUT2D eigenvalue weighted by molar-refractivity contribution is 0.593. The predicted molar refractivity (Wildman–Crippen MR) is 72.0 cm³/mol. The Balaban J connectivity index is 2.40. The summed E-state index contributed by atoms with van der Waals surface area (Å²) in [5, 5.41) is 0.224. The summed E-state index contributed by atoms with van der Waals surface area (Å²) in [6.07, 6.45) is 5.20. The van der Waals surface area contributed by atoms with Gasteiger partial charge in [-0.25, -0.2) is 4.39 Å². The molecular weight excluding hydrogens is 290 g/mol. The Morgan fingerprint density at radius 1 is 1.38 bits per heavy atom. The fourth-order valence-corrected chi connectivity index (χ4v) is 2.69. The predicted octanol–water partition coefficient (Wildman–Crippen LogP) is 5.37. The van der Waals surface area contributed by atoms with Crippen molar-refractivity contribution in [1.82, 2.24) is 0 Å². The Kier molecular flexibility index (Phi) is 6.37. The van der Waals surface area contributed by atoms with Crippen molar-refractivity contribution in [2.24, 2.45) is 0 Å². The quantitative estimate of drug-likeness (QED) is 0.620. The molecule has 0 aromatic heterocycles. The molecule has 0 saturated heterocycles. The largest absolute Gasteiger partial charge is 0.205 e. The number of halogens is 3. The van der Waals surface area contributed by atoms with Crippen molar-refractivity contribution >= 4 is 27.5 Å². The van der Waals surface area contributed by atoms with E-state index in [1.165, 1.54) is 12.8 Å². The molecule has 0 heterocycles. The number of aryl methyl sites for hydroxylation is 1. The van der Waals surface area contributed by atoms with Gasteiger partial charge in [0.25, 0.3) is 0 Å². The smallest absolute Gasteiger partial charge is 0.144 e. The molecule has 0 aliphatic rings. The highest BCUT2D eigenvalue weighted by atomic mass is 79.9. The van der Waals surface area contributed by atoms with Gasteiger partial charge in [0.1, 0.15) is 5.82 Å². The molecule has 16 heavy (non-hydrogen) atoms. The zero-order chi connectivity index (χ0) is 12.0. The van der Waals surface area contributed by atoms with Crippen molar-refractivity contribution in [2.75, 3.05) is 0 Å². The fraction of sp³-hybridized carbons (Fsp3) is 0.538. The Morgan fingerprint density at radius 2 is 2.12 bits per heavy atom. The van der Waals surface area contributed by atoms with Crippen molar-refractivity contribution in [3.63, 3.8) is 0 Å². The van der Waals surface area contributed by atoms with Crippen molar-refractivity contribution < 1.29 is 4.39 Å². The van der Waals surface area contributed by atoms with Gasteiger partial charge in [-0.2, -0.15) is 0 Å². The fourth-order valence-electron chi connectivity index (χ4n) is 1.71. The average Bonchev–Trinajstić information content (AvgIpc) is 2.25. The molecule has 0 spiro atoms. The van der Waals surface area contributed by atoms with Crippen molar-refractivity contribution in [3.05, 3.63) is 34.6 Å². The van der Waals surface area contributed by atoms with Gasteiger partial charge in [-0.05, 0) is 37.3 Å². The third-order valence-electron chi connectivity index (χ3n) is 2.60. The topological polar surface area (TPSA) is 0 Å². The summed E-state index contributed by atoms with van der Waals surface area (Å²) >= 11 is 9.35. The molecule has 0 bridgehead atoms. The number of benzene rings is 1. The van der Waals surface area contributed by atoms with E-state index in [1.54, 1.807) is 12.1 Å². The van der Waals surface area contributed by atoms with Gasteiger partial charge in [-0.3, -0.25) is 0 Å². The standard InChI is InChI=1S/C13H17BrClF/c1-2-5-11(14)8-3-6-10-7-4-9-12(15)13(10)16/h4,7,9,11H,2-3,5-6,8H2,1H3. The van der Waals surface area contributed by atoms with Crippen LogP contribution in [0.5, 0.6) is 0 Å². The minimum absolute atomic E-state index is 0.224. The SMILES string of the molecule is CCCC(Br)CCCc1cccc(Cl)c1F. The number of alkyl halides is 1.